The molecule has 1 heterocycles. The van der Waals surface area contributed by atoms with Gasteiger partial charge in [-0.1, -0.05) is 19.1 Å². The highest BCUT2D eigenvalue weighted by Crippen LogP contribution is 2.57. The van der Waals surface area contributed by atoms with Gasteiger partial charge in [-0.15, -0.1) is 11.3 Å². The van der Waals surface area contributed by atoms with Crippen LogP contribution >= 0.6 is 11.3 Å². The monoisotopic (exact) mass is 320 g/mol. The molecule has 23 heavy (non-hydrogen) atoms. The predicted octanol–water partition coefficient (Wildman–Crippen LogP) is 3.59. The molecule has 3 atom stereocenters. The molecule has 2 aliphatic carbocycles. The molecule has 2 aliphatic rings. The van der Waals surface area contributed by atoms with Crippen LogP contribution in [0.2, 0.25) is 0 Å². The first-order chi connectivity index (χ1) is 11.1. The quantitative estimate of drug-likeness (QED) is 0.855. The highest BCUT2D eigenvalue weighted by molar-refractivity contribution is 7.10. The Morgan fingerprint density at radius 2 is 2.04 bits per heavy atom. The molecule has 0 aliphatic heterocycles. The molecular formula is C18H16N4S. The molecule has 114 valence electrons. The second-order valence-electron chi connectivity index (χ2n) is 6.27. The molecule has 0 amide bonds. The smallest absolute Gasteiger partial charge is 0.192 e. The van der Waals surface area contributed by atoms with E-state index in [1.54, 1.807) is 0 Å². The fourth-order valence-electron chi connectivity index (χ4n) is 3.85. The molecule has 0 bridgehead atoms. The molecule has 0 unspecified atom stereocenters. The zero-order valence-electron chi connectivity index (χ0n) is 12.8. The summed E-state index contributed by atoms with van der Waals surface area (Å²) >= 11 is 1.54. The van der Waals surface area contributed by atoms with Crippen molar-refractivity contribution in [3.63, 3.8) is 0 Å². The summed E-state index contributed by atoms with van der Waals surface area (Å²) in [7, 11) is 0. The standard InChI is InChI=1S/C18H16N4S/c1-11-4-5-12-13(7-11)16(15-3-2-6-23-15)18(9-20,10-21)17(22)14(12)8-19/h2-3,5-6,11,13,16H,4,7,22H2,1H3/t11-,13+,16+/m1/s1. The van der Waals surface area contributed by atoms with Crippen LogP contribution in [0.1, 0.15) is 30.6 Å². The summed E-state index contributed by atoms with van der Waals surface area (Å²) in [4.78, 5) is 0.984. The Bertz CT molecular complexity index is 797. The molecule has 0 spiro atoms. The Hall–Kier alpha value is -2.55. The average molecular weight is 320 g/mol. The number of nitrogens with zero attached hydrogens (tertiary/aromatic N) is 3. The Kier molecular flexibility index (Phi) is 3.72. The molecule has 0 saturated carbocycles. The molecule has 5 heteroatoms. The number of hydrogen-bond acceptors (Lipinski definition) is 5. The van der Waals surface area contributed by atoms with E-state index in [0.29, 0.717) is 11.5 Å². The molecule has 2 N–H and O–H groups in total. The Morgan fingerprint density at radius 1 is 1.30 bits per heavy atom. The lowest BCUT2D eigenvalue weighted by atomic mass is 9.57. The van der Waals surface area contributed by atoms with Gasteiger partial charge in [0.05, 0.1) is 23.4 Å². The van der Waals surface area contributed by atoms with Crippen molar-refractivity contribution in [2.75, 3.05) is 0 Å². The van der Waals surface area contributed by atoms with E-state index in [2.05, 4.69) is 31.2 Å². The first-order valence-corrected chi connectivity index (χ1v) is 8.43. The van der Waals surface area contributed by atoms with Crippen molar-refractivity contribution in [2.45, 2.75) is 25.7 Å². The molecule has 1 aromatic rings. The van der Waals surface area contributed by atoms with Crippen LogP contribution in [-0.4, -0.2) is 0 Å². The number of nitrogens with two attached hydrogens (primary N) is 1. The predicted molar refractivity (Wildman–Crippen MR) is 87.5 cm³/mol. The van der Waals surface area contributed by atoms with Gasteiger partial charge in [0, 0.05) is 10.8 Å². The van der Waals surface area contributed by atoms with Gasteiger partial charge in [0.15, 0.2) is 5.41 Å². The van der Waals surface area contributed by atoms with E-state index >= 15 is 0 Å². The second kappa shape index (κ2) is 5.58. The number of hydrogen-bond donors (Lipinski definition) is 1. The largest absolute Gasteiger partial charge is 0.399 e. The van der Waals surface area contributed by atoms with Gasteiger partial charge in [0.1, 0.15) is 6.07 Å². The van der Waals surface area contributed by atoms with E-state index in [1.807, 2.05) is 17.5 Å². The lowest BCUT2D eigenvalue weighted by Gasteiger charge is -2.43. The van der Waals surface area contributed by atoms with Gasteiger partial charge in [0.2, 0.25) is 0 Å². The van der Waals surface area contributed by atoms with Crippen LogP contribution in [0.15, 0.2) is 40.4 Å². The maximum atomic E-state index is 9.84. The van der Waals surface area contributed by atoms with Crippen molar-refractivity contribution in [3.05, 3.63) is 45.3 Å². The van der Waals surface area contributed by atoms with Crippen molar-refractivity contribution in [1.82, 2.24) is 0 Å². The minimum Gasteiger partial charge on any atom is -0.399 e. The highest BCUT2D eigenvalue weighted by atomic mass is 32.1. The first kappa shape index (κ1) is 15.3. The fourth-order valence-corrected chi connectivity index (χ4v) is 4.81. The third-order valence-electron chi connectivity index (χ3n) is 4.96. The van der Waals surface area contributed by atoms with Crippen LogP contribution < -0.4 is 5.73 Å². The Balaban J connectivity index is 2.33. The van der Waals surface area contributed by atoms with E-state index in [9.17, 15) is 15.8 Å². The van der Waals surface area contributed by atoms with Gasteiger partial charge >= 0.3 is 0 Å². The molecule has 0 aromatic carbocycles. The Morgan fingerprint density at radius 3 is 2.61 bits per heavy atom. The topological polar surface area (TPSA) is 97.4 Å². The summed E-state index contributed by atoms with van der Waals surface area (Å²) in [5, 5.41) is 31.2. The third-order valence-corrected chi connectivity index (χ3v) is 5.92. The minimum atomic E-state index is -1.48. The van der Waals surface area contributed by atoms with Crippen LogP contribution in [0.3, 0.4) is 0 Å². The minimum absolute atomic E-state index is 0.0151. The molecular weight excluding hydrogens is 304 g/mol. The third kappa shape index (κ3) is 2.07. The maximum Gasteiger partial charge on any atom is 0.192 e. The van der Waals surface area contributed by atoms with Gasteiger partial charge in [0.25, 0.3) is 0 Å². The zero-order chi connectivity index (χ0) is 16.6. The van der Waals surface area contributed by atoms with Gasteiger partial charge < -0.3 is 5.73 Å². The summed E-state index contributed by atoms with van der Waals surface area (Å²) in [6.45, 7) is 2.16. The lowest BCUT2D eigenvalue weighted by molar-refractivity contribution is 0.287. The van der Waals surface area contributed by atoms with Crippen molar-refractivity contribution >= 4 is 11.3 Å². The number of rotatable bonds is 1. The van der Waals surface area contributed by atoms with Gasteiger partial charge in [-0.3, -0.25) is 0 Å². The Labute approximate surface area is 139 Å². The summed E-state index contributed by atoms with van der Waals surface area (Å²) in [6.07, 6.45) is 3.83. The van der Waals surface area contributed by atoms with Crippen molar-refractivity contribution in [2.24, 2.45) is 23.0 Å². The van der Waals surface area contributed by atoms with Gasteiger partial charge in [-0.2, -0.15) is 15.8 Å². The van der Waals surface area contributed by atoms with Gasteiger partial charge in [-0.05, 0) is 41.7 Å². The van der Waals surface area contributed by atoms with E-state index in [0.717, 1.165) is 23.3 Å². The SMILES string of the molecule is C[C@@H]1CC=C2C(C#N)=C(N)C(C#N)(C#N)[C@H](c3cccs3)[C@H]2C1. The van der Waals surface area contributed by atoms with Crippen LogP contribution in [0.4, 0.5) is 0 Å². The van der Waals surface area contributed by atoms with Crippen LogP contribution in [0.5, 0.6) is 0 Å². The highest BCUT2D eigenvalue weighted by Gasteiger charge is 2.54. The number of fused-ring (bicyclic) bond motifs is 1. The fraction of sp³-hybridized carbons (Fsp3) is 0.389. The molecule has 0 saturated heterocycles. The molecule has 4 nitrogen and oxygen atoms in total. The van der Waals surface area contributed by atoms with Crippen LogP contribution in [0.25, 0.3) is 0 Å². The lowest BCUT2D eigenvalue weighted by Crippen LogP contribution is -2.43. The van der Waals surface area contributed by atoms with E-state index in [-0.39, 0.29) is 17.5 Å². The summed E-state index contributed by atoms with van der Waals surface area (Å²) in [5.41, 5.74) is 6.09. The first-order valence-electron chi connectivity index (χ1n) is 7.55. The second-order valence-corrected chi connectivity index (χ2v) is 7.25. The maximum absolute atomic E-state index is 9.84. The van der Waals surface area contributed by atoms with E-state index in [4.69, 9.17) is 5.73 Å². The molecule has 0 fully saturated rings. The number of allylic oxidation sites excluding steroid dienone is 4. The van der Waals surface area contributed by atoms with Crippen molar-refractivity contribution < 1.29 is 0 Å². The van der Waals surface area contributed by atoms with Crippen molar-refractivity contribution in [1.29, 1.82) is 15.8 Å². The summed E-state index contributed by atoms with van der Waals surface area (Å²) in [6, 6.07) is 10.3. The summed E-state index contributed by atoms with van der Waals surface area (Å²) in [5.74, 6) is 0.128. The number of thiophene rings is 1. The summed E-state index contributed by atoms with van der Waals surface area (Å²) < 4.78 is 0. The number of nitriles is 3. The molecule has 1 aromatic heterocycles. The zero-order valence-corrected chi connectivity index (χ0v) is 13.6. The average Bonchev–Trinajstić information content (AvgIpc) is 3.08. The molecule has 3 rings (SSSR count). The molecule has 0 radical (unpaired) electrons. The van der Waals surface area contributed by atoms with Gasteiger partial charge in [-0.25, -0.2) is 0 Å². The van der Waals surface area contributed by atoms with Crippen molar-refractivity contribution in [3.8, 4) is 18.2 Å². The van der Waals surface area contributed by atoms with Crippen LogP contribution in [-0.2, 0) is 0 Å². The van der Waals surface area contributed by atoms with Crippen LogP contribution in [0, 0.1) is 51.2 Å². The van der Waals surface area contributed by atoms with E-state index in [1.165, 1.54) is 11.3 Å². The van der Waals surface area contributed by atoms with E-state index < -0.39 is 5.41 Å². The normalized spacial score (nSPS) is 28.8.